The Bertz CT molecular complexity index is 667. The van der Waals surface area contributed by atoms with E-state index in [0.717, 1.165) is 37.3 Å². The van der Waals surface area contributed by atoms with Crippen LogP contribution >= 0.6 is 11.6 Å². The monoisotopic (exact) mass is 348 g/mol. The van der Waals surface area contributed by atoms with Crippen LogP contribution < -0.4 is 10.2 Å². The van der Waals surface area contributed by atoms with E-state index in [9.17, 15) is 9.50 Å². The molecule has 0 atom stereocenters. The third-order valence-corrected chi connectivity index (χ3v) is 4.99. The molecule has 0 amide bonds. The smallest absolute Gasteiger partial charge is 0.129 e. The number of para-hydroxylation sites is 2. The van der Waals surface area contributed by atoms with Gasteiger partial charge in [0.05, 0.1) is 11.4 Å². The molecule has 24 heavy (non-hydrogen) atoms. The Hall–Kier alpha value is -1.78. The summed E-state index contributed by atoms with van der Waals surface area (Å²) in [6.45, 7) is 2.45. The highest BCUT2D eigenvalue weighted by molar-refractivity contribution is 6.31. The zero-order valence-corrected chi connectivity index (χ0v) is 14.3. The normalized spacial score (nSPS) is 15.5. The van der Waals surface area contributed by atoms with Crippen LogP contribution in [0.15, 0.2) is 42.5 Å². The van der Waals surface area contributed by atoms with Crippen molar-refractivity contribution in [3.8, 4) is 0 Å². The molecule has 128 valence electrons. The van der Waals surface area contributed by atoms with Crippen molar-refractivity contribution in [2.45, 2.75) is 19.4 Å². The van der Waals surface area contributed by atoms with Crippen LogP contribution in [0.4, 0.5) is 15.8 Å². The van der Waals surface area contributed by atoms with Crippen molar-refractivity contribution in [3.63, 3.8) is 0 Å². The van der Waals surface area contributed by atoms with E-state index in [-0.39, 0.29) is 12.4 Å². The van der Waals surface area contributed by atoms with Crippen LogP contribution in [0.1, 0.15) is 18.4 Å². The van der Waals surface area contributed by atoms with Gasteiger partial charge in [-0.25, -0.2) is 4.39 Å². The first-order valence-electron chi connectivity index (χ1n) is 8.30. The number of benzene rings is 2. The Kier molecular flexibility index (Phi) is 5.59. The van der Waals surface area contributed by atoms with Gasteiger partial charge in [-0.3, -0.25) is 0 Å². The summed E-state index contributed by atoms with van der Waals surface area (Å²) in [5.41, 5.74) is 2.56. The summed E-state index contributed by atoms with van der Waals surface area (Å²) in [7, 11) is 0. The highest BCUT2D eigenvalue weighted by Gasteiger charge is 2.20. The zero-order chi connectivity index (χ0) is 16.9. The first kappa shape index (κ1) is 17.1. The minimum absolute atomic E-state index is 0.263. The number of aliphatic hydroxyl groups excluding tert-OH is 1. The minimum Gasteiger partial charge on any atom is -0.396 e. The average molecular weight is 349 g/mol. The molecular formula is C19H22ClFN2O. The van der Waals surface area contributed by atoms with Gasteiger partial charge in [0.15, 0.2) is 0 Å². The molecule has 2 aromatic carbocycles. The van der Waals surface area contributed by atoms with E-state index in [1.54, 1.807) is 12.1 Å². The highest BCUT2D eigenvalue weighted by atomic mass is 35.5. The van der Waals surface area contributed by atoms with Gasteiger partial charge in [0.1, 0.15) is 5.82 Å². The SMILES string of the molecule is OCC1CCN(c2ccccc2NCc2c(F)cccc2Cl)CC1. The molecule has 3 nitrogen and oxygen atoms in total. The molecule has 0 bridgehead atoms. The van der Waals surface area contributed by atoms with Crippen molar-refractivity contribution in [2.75, 3.05) is 29.9 Å². The maximum Gasteiger partial charge on any atom is 0.129 e. The number of rotatable bonds is 5. The Morgan fingerprint density at radius 1 is 1.12 bits per heavy atom. The Balaban J connectivity index is 1.73. The van der Waals surface area contributed by atoms with Gasteiger partial charge >= 0.3 is 0 Å². The molecule has 0 saturated carbocycles. The third-order valence-electron chi connectivity index (χ3n) is 4.63. The van der Waals surface area contributed by atoms with Crippen LogP contribution in [0, 0.1) is 11.7 Å². The molecule has 0 radical (unpaired) electrons. The molecule has 0 aromatic heterocycles. The molecule has 2 aromatic rings. The summed E-state index contributed by atoms with van der Waals surface area (Å²) in [6, 6.07) is 12.8. The number of nitrogens with one attached hydrogen (secondary N) is 1. The fourth-order valence-electron chi connectivity index (χ4n) is 3.14. The maximum atomic E-state index is 13.9. The standard InChI is InChI=1S/C19H22ClFN2O/c20-16-4-3-5-17(21)15(16)12-22-18-6-1-2-7-19(18)23-10-8-14(13-24)9-11-23/h1-7,14,22,24H,8-13H2. The molecule has 0 unspecified atom stereocenters. The van der Waals surface area contributed by atoms with Crippen molar-refractivity contribution in [2.24, 2.45) is 5.92 Å². The van der Waals surface area contributed by atoms with Gasteiger partial charge in [-0.1, -0.05) is 29.8 Å². The quantitative estimate of drug-likeness (QED) is 0.845. The number of hydrogen-bond donors (Lipinski definition) is 2. The number of piperidine rings is 1. The van der Waals surface area contributed by atoms with Gasteiger partial charge in [0.25, 0.3) is 0 Å². The predicted octanol–water partition coefficient (Wildman–Crippen LogP) is 4.30. The largest absolute Gasteiger partial charge is 0.396 e. The molecule has 1 heterocycles. The lowest BCUT2D eigenvalue weighted by atomic mass is 9.97. The van der Waals surface area contributed by atoms with Crippen molar-refractivity contribution >= 4 is 23.0 Å². The Morgan fingerprint density at radius 2 is 1.88 bits per heavy atom. The summed E-state index contributed by atoms with van der Waals surface area (Å²) in [6.07, 6.45) is 1.98. The predicted molar refractivity (Wildman–Crippen MR) is 97.2 cm³/mol. The number of hydrogen-bond acceptors (Lipinski definition) is 3. The van der Waals surface area contributed by atoms with Crippen molar-refractivity contribution in [1.29, 1.82) is 0 Å². The van der Waals surface area contributed by atoms with E-state index in [2.05, 4.69) is 16.3 Å². The van der Waals surface area contributed by atoms with Gasteiger partial charge in [-0.2, -0.15) is 0 Å². The molecule has 0 spiro atoms. The first-order chi connectivity index (χ1) is 11.7. The van der Waals surface area contributed by atoms with Crippen LogP contribution in [0.5, 0.6) is 0 Å². The number of anilines is 2. The topological polar surface area (TPSA) is 35.5 Å². The van der Waals surface area contributed by atoms with Crippen molar-refractivity contribution < 1.29 is 9.50 Å². The third kappa shape index (κ3) is 3.82. The summed E-state index contributed by atoms with van der Waals surface area (Å²) in [5, 5.41) is 13.0. The van der Waals surface area contributed by atoms with Gasteiger partial charge in [0, 0.05) is 36.8 Å². The van der Waals surface area contributed by atoms with Gasteiger partial charge in [-0.15, -0.1) is 0 Å². The molecule has 5 heteroatoms. The van der Waals surface area contributed by atoms with Gasteiger partial charge in [-0.05, 0) is 43.0 Å². The number of nitrogens with zero attached hydrogens (tertiary/aromatic N) is 1. The van der Waals surface area contributed by atoms with Gasteiger partial charge in [0.2, 0.25) is 0 Å². The summed E-state index contributed by atoms with van der Waals surface area (Å²) in [4.78, 5) is 2.32. The van der Waals surface area contributed by atoms with E-state index in [1.165, 1.54) is 6.07 Å². The van der Waals surface area contributed by atoms with E-state index >= 15 is 0 Å². The minimum atomic E-state index is -0.295. The second-order valence-electron chi connectivity index (χ2n) is 6.18. The first-order valence-corrected chi connectivity index (χ1v) is 8.68. The van der Waals surface area contributed by atoms with E-state index < -0.39 is 0 Å². The molecule has 3 rings (SSSR count). The summed E-state index contributed by atoms with van der Waals surface area (Å²) < 4.78 is 13.9. The fourth-order valence-corrected chi connectivity index (χ4v) is 3.37. The lowest BCUT2D eigenvalue weighted by molar-refractivity contribution is 0.203. The lowest BCUT2D eigenvalue weighted by Crippen LogP contribution is -2.35. The number of halogens is 2. The fraction of sp³-hybridized carbons (Fsp3) is 0.368. The second kappa shape index (κ2) is 7.86. The van der Waals surface area contributed by atoms with Crippen LogP contribution in [0.25, 0.3) is 0 Å². The van der Waals surface area contributed by atoms with Crippen LogP contribution in [0.3, 0.4) is 0 Å². The van der Waals surface area contributed by atoms with Crippen LogP contribution in [-0.2, 0) is 6.54 Å². The van der Waals surface area contributed by atoms with Crippen molar-refractivity contribution in [3.05, 3.63) is 58.9 Å². The second-order valence-corrected chi connectivity index (χ2v) is 6.59. The van der Waals surface area contributed by atoms with Crippen LogP contribution in [0.2, 0.25) is 5.02 Å². The maximum absolute atomic E-state index is 13.9. The number of aliphatic hydroxyl groups is 1. The molecule has 1 aliphatic heterocycles. The van der Waals surface area contributed by atoms with E-state index in [0.29, 0.717) is 23.0 Å². The molecule has 1 aliphatic rings. The zero-order valence-electron chi connectivity index (χ0n) is 13.5. The van der Waals surface area contributed by atoms with Crippen LogP contribution in [-0.4, -0.2) is 24.8 Å². The summed E-state index contributed by atoms with van der Waals surface area (Å²) >= 11 is 6.10. The molecule has 1 saturated heterocycles. The Labute approximate surface area is 147 Å². The lowest BCUT2D eigenvalue weighted by Gasteiger charge is -2.34. The average Bonchev–Trinajstić information content (AvgIpc) is 2.62. The molecule has 1 fully saturated rings. The van der Waals surface area contributed by atoms with Gasteiger partial charge < -0.3 is 15.3 Å². The highest BCUT2D eigenvalue weighted by Crippen LogP contribution is 2.30. The Morgan fingerprint density at radius 3 is 2.58 bits per heavy atom. The molecule has 2 N–H and O–H groups in total. The van der Waals surface area contributed by atoms with Crippen molar-refractivity contribution in [1.82, 2.24) is 0 Å². The summed E-state index contributed by atoms with van der Waals surface area (Å²) in [5.74, 6) is 0.106. The van der Waals surface area contributed by atoms with E-state index in [4.69, 9.17) is 11.6 Å². The molecule has 0 aliphatic carbocycles. The van der Waals surface area contributed by atoms with E-state index in [1.807, 2.05) is 18.2 Å². The molecular weight excluding hydrogens is 327 g/mol.